The maximum absolute atomic E-state index is 13.8. The van der Waals surface area contributed by atoms with Crippen LogP contribution in [-0.4, -0.2) is 48.5 Å². The van der Waals surface area contributed by atoms with Gasteiger partial charge in [-0.15, -0.1) is 0 Å². The number of halogens is 1. The van der Waals surface area contributed by atoms with Crippen LogP contribution in [0.2, 0.25) is 0 Å². The molecule has 0 spiro atoms. The Morgan fingerprint density at radius 1 is 1.08 bits per heavy atom. The molecule has 0 aromatic heterocycles. The summed E-state index contributed by atoms with van der Waals surface area (Å²) >= 11 is 0. The van der Waals surface area contributed by atoms with Crippen molar-refractivity contribution < 1.29 is 14.1 Å². The minimum Gasteiger partial charge on any atom is -0.367 e. The summed E-state index contributed by atoms with van der Waals surface area (Å²) in [5, 5.41) is 13.4. The number of anilines is 2. The minimum absolute atomic E-state index is 0.0211. The van der Waals surface area contributed by atoms with Gasteiger partial charge in [-0.05, 0) is 24.3 Å². The number of nitrogens with one attached hydrogen (secondary N) is 1. The van der Waals surface area contributed by atoms with Crippen molar-refractivity contribution in [1.29, 1.82) is 0 Å². The zero-order valence-corrected chi connectivity index (χ0v) is 14.1. The van der Waals surface area contributed by atoms with Crippen molar-refractivity contribution in [2.75, 3.05) is 42.9 Å². The van der Waals surface area contributed by atoms with Crippen LogP contribution in [0.5, 0.6) is 0 Å². The largest absolute Gasteiger partial charge is 0.367 e. The van der Waals surface area contributed by atoms with Gasteiger partial charge in [0.05, 0.1) is 17.2 Å². The quantitative estimate of drug-likeness (QED) is 0.656. The molecule has 0 bridgehead atoms. The second-order valence-electron chi connectivity index (χ2n) is 6.07. The summed E-state index contributed by atoms with van der Waals surface area (Å²) in [6.07, 6.45) is 0. The summed E-state index contributed by atoms with van der Waals surface area (Å²) in [6, 6.07) is 12.4. The van der Waals surface area contributed by atoms with Crippen LogP contribution in [0.3, 0.4) is 0 Å². The van der Waals surface area contributed by atoms with Crippen LogP contribution in [0.1, 0.15) is 0 Å². The summed E-state index contributed by atoms with van der Waals surface area (Å²) in [5.41, 5.74) is 1.08. The fourth-order valence-electron chi connectivity index (χ4n) is 2.93. The van der Waals surface area contributed by atoms with Crippen LogP contribution in [0.4, 0.5) is 21.5 Å². The van der Waals surface area contributed by atoms with E-state index in [1.54, 1.807) is 12.1 Å². The van der Waals surface area contributed by atoms with Gasteiger partial charge in [-0.1, -0.05) is 12.1 Å². The third-order valence-electron chi connectivity index (χ3n) is 4.29. The van der Waals surface area contributed by atoms with E-state index in [9.17, 15) is 19.3 Å². The van der Waals surface area contributed by atoms with Gasteiger partial charge in [0.1, 0.15) is 5.82 Å². The van der Waals surface area contributed by atoms with Gasteiger partial charge in [0.25, 0.3) is 5.69 Å². The number of nitro groups is 1. The molecule has 2 aromatic carbocycles. The summed E-state index contributed by atoms with van der Waals surface area (Å²) in [5.74, 6) is -0.421. The van der Waals surface area contributed by atoms with E-state index in [2.05, 4.69) is 5.32 Å². The number of hydrogen-bond acceptors (Lipinski definition) is 5. The van der Waals surface area contributed by atoms with E-state index >= 15 is 0 Å². The van der Waals surface area contributed by atoms with Crippen molar-refractivity contribution in [3.05, 3.63) is 64.5 Å². The fourth-order valence-corrected chi connectivity index (χ4v) is 2.93. The molecule has 1 fully saturated rings. The number of rotatable bonds is 5. The molecule has 2 aromatic rings. The Hall–Kier alpha value is -3.00. The van der Waals surface area contributed by atoms with Gasteiger partial charge in [0.2, 0.25) is 5.91 Å². The van der Waals surface area contributed by atoms with E-state index in [1.165, 1.54) is 30.3 Å². The van der Waals surface area contributed by atoms with Gasteiger partial charge >= 0.3 is 0 Å². The molecule has 8 heteroatoms. The lowest BCUT2D eigenvalue weighted by molar-refractivity contribution is -0.384. The molecule has 3 rings (SSSR count). The monoisotopic (exact) mass is 358 g/mol. The first kappa shape index (κ1) is 17.8. The number of nitrogens with zero attached hydrogens (tertiary/aromatic N) is 3. The first-order valence-electron chi connectivity index (χ1n) is 8.29. The summed E-state index contributed by atoms with van der Waals surface area (Å²) in [6.45, 7) is 2.82. The molecule has 0 unspecified atom stereocenters. The molecule has 1 aliphatic heterocycles. The van der Waals surface area contributed by atoms with Crippen molar-refractivity contribution in [3.8, 4) is 0 Å². The number of carbonyl (C=O) groups is 1. The minimum atomic E-state index is -0.485. The van der Waals surface area contributed by atoms with E-state index in [4.69, 9.17) is 0 Å². The normalized spacial score (nSPS) is 14.9. The van der Waals surface area contributed by atoms with E-state index < -0.39 is 4.92 Å². The van der Waals surface area contributed by atoms with Crippen LogP contribution in [0.25, 0.3) is 0 Å². The molecule has 1 heterocycles. The van der Waals surface area contributed by atoms with Gasteiger partial charge in [0.15, 0.2) is 0 Å². The van der Waals surface area contributed by atoms with Crippen molar-refractivity contribution in [3.63, 3.8) is 0 Å². The average Bonchev–Trinajstić information content (AvgIpc) is 2.63. The lowest BCUT2D eigenvalue weighted by atomic mass is 10.2. The van der Waals surface area contributed by atoms with Crippen molar-refractivity contribution in [2.45, 2.75) is 0 Å². The highest BCUT2D eigenvalue weighted by atomic mass is 19.1. The van der Waals surface area contributed by atoms with E-state index in [1.807, 2.05) is 15.9 Å². The second-order valence-corrected chi connectivity index (χ2v) is 6.07. The number of piperazine rings is 1. The van der Waals surface area contributed by atoms with Crippen molar-refractivity contribution >= 4 is 23.0 Å². The van der Waals surface area contributed by atoms with Crippen LogP contribution >= 0.6 is 0 Å². The zero-order chi connectivity index (χ0) is 18.5. The molecule has 136 valence electrons. The average molecular weight is 358 g/mol. The van der Waals surface area contributed by atoms with Crippen LogP contribution in [-0.2, 0) is 4.79 Å². The Labute approximate surface area is 150 Å². The SMILES string of the molecule is O=C(CN1CCN(c2ccccc2F)CC1)Nc1ccc([N+](=O)[O-])cc1. The number of benzene rings is 2. The fraction of sp³-hybridized carbons (Fsp3) is 0.278. The molecular formula is C18H19FN4O3. The predicted octanol–water partition coefficient (Wildman–Crippen LogP) is 2.49. The maximum Gasteiger partial charge on any atom is 0.269 e. The van der Waals surface area contributed by atoms with Gasteiger partial charge in [-0.3, -0.25) is 19.8 Å². The van der Waals surface area contributed by atoms with Crippen molar-refractivity contribution in [2.24, 2.45) is 0 Å². The molecule has 0 radical (unpaired) electrons. The van der Waals surface area contributed by atoms with E-state index in [-0.39, 0.29) is 24.0 Å². The number of hydrogen-bond donors (Lipinski definition) is 1. The number of carbonyl (C=O) groups excluding carboxylic acids is 1. The van der Waals surface area contributed by atoms with Crippen molar-refractivity contribution in [1.82, 2.24) is 4.90 Å². The Bertz CT molecular complexity index is 789. The molecule has 26 heavy (non-hydrogen) atoms. The number of para-hydroxylation sites is 1. The molecule has 1 N–H and O–H groups in total. The Morgan fingerprint density at radius 2 is 1.73 bits per heavy atom. The summed E-state index contributed by atoms with van der Waals surface area (Å²) in [4.78, 5) is 26.3. The molecule has 1 saturated heterocycles. The van der Waals surface area contributed by atoms with E-state index in [0.29, 0.717) is 37.6 Å². The van der Waals surface area contributed by atoms with Gasteiger partial charge in [-0.25, -0.2) is 4.39 Å². The molecule has 1 aliphatic rings. The summed E-state index contributed by atoms with van der Waals surface area (Å²) in [7, 11) is 0. The van der Waals surface area contributed by atoms with Crippen LogP contribution in [0, 0.1) is 15.9 Å². The summed E-state index contributed by atoms with van der Waals surface area (Å²) < 4.78 is 13.8. The second kappa shape index (κ2) is 7.92. The Morgan fingerprint density at radius 3 is 2.35 bits per heavy atom. The highest BCUT2D eigenvalue weighted by Crippen LogP contribution is 2.20. The molecule has 7 nitrogen and oxygen atoms in total. The highest BCUT2D eigenvalue weighted by Gasteiger charge is 2.20. The smallest absolute Gasteiger partial charge is 0.269 e. The highest BCUT2D eigenvalue weighted by molar-refractivity contribution is 5.92. The molecule has 1 amide bonds. The Balaban J connectivity index is 1.49. The zero-order valence-electron chi connectivity index (χ0n) is 14.1. The Kier molecular flexibility index (Phi) is 5.43. The molecule has 0 atom stereocenters. The van der Waals surface area contributed by atoms with Gasteiger partial charge in [-0.2, -0.15) is 0 Å². The first-order chi connectivity index (χ1) is 12.5. The third kappa shape index (κ3) is 4.34. The molecule has 0 aliphatic carbocycles. The van der Waals surface area contributed by atoms with Gasteiger partial charge in [0, 0.05) is 44.0 Å². The standard InChI is InChI=1S/C18H19FN4O3/c19-16-3-1-2-4-17(16)22-11-9-21(10-12-22)13-18(24)20-14-5-7-15(8-6-14)23(25)26/h1-8H,9-13H2,(H,20,24). The lowest BCUT2D eigenvalue weighted by Crippen LogP contribution is -2.48. The first-order valence-corrected chi connectivity index (χ1v) is 8.29. The number of non-ortho nitro benzene ring substituents is 1. The maximum atomic E-state index is 13.8. The topological polar surface area (TPSA) is 78.7 Å². The predicted molar refractivity (Wildman–Crippen MR) is 96.8 cm³/mol. The van der Waals surface area contributed by atoms with Crippen LogP contribution < -0.4 is 10.2 Å². The van der Waals surface area contributed by atoms with Gasteiger partial charge < -0.3 is 10.2 Å². The molecule has 0 saturated carbocycles. The number of amides is 1. The third-order valence-corrected chi connectivity index (χ3v) is 4.29. The number of nitro benzene ring substituents is 1. The van der Waals surface area contributed by atoms with Crippen LogP contribution in [0.15, 0.2) is 48.5 Å². The molecular weight excluding hydrogens is 339 g/mol. The lowest BCUT2D eigenvalue weighted by Gasteiger charge is -2.35. The van der Waals surface area contributed by atoms with E-state index in [0.717, 1.165) is 0 Å².